The third-order valence-electron chi connectivity index (χ3n) is 4.60. The first-order valence-electron chi connectivity index (χ1n) is 9.29. The molecule has 0 fully saturated rings. The van der Waals surface area contributed by atoms with Crippen molar-refractivity contribution >= 4 is 5.69 Å². The number of benzene rings is 2. The molecule has 0 unspecified atom stereocenters. The first-order chi connectivity index (χ1) is 13.6. The van der Waals surface area contributed by atoms with E-state index < -0.39 is 6.10 Å². The zero-order chi connectivity index (χ0) is 19.9. The maximum Gasteiger partial charge on any atom is 0.161 e. The van der Waals surface area contributed by atoms with Crippen LogP contribution in [0, 0.1) is 0 Å². The topological polar surface area (TPSA) is 60.4 Å². The number of aliphatic hydroxyl groups excluding tert-OH is 1. The van der Waals surface area contributed by atoms with Crippen LogP contribution in [0.2, 0.25) is 0 Å². The Balaban J connectivity index is 1.63. The van der Waals surface area contributed by atoms with E-state index in [0.717, 1.165) is 29.2 Å². The second-order valence-electron chi connectivity index (χ2n) is 6.57. The molecule has 1 N–H and O–H groups in total. The smallest absolute Gasteiger partial charge is 0.161 e. The quantitative estimate of drug-likeness (QED) is 0.670. The minimum absolute atomic E-state index is 0.161. The molecule has 6 heteroatoms. The summed E-state index contributed by atoms with van der Waals surface area (Å²) in [6.45, 7) is 5.61. The number of nitrogens with zero attached hydrogens (tertiary/aromatic N) is 1. The minimum Gasteiger partial charge on any atom is -0.497 e. The molecule has 0 saturated carbocycles. The van der Waals surface area contributed by atoms with Gasteiger partial charge >= 0.3 is 0 Å². The van der Waals surface area contributed by atoms with Gasteiger partial charge in [0.25, 0.3) is 0 Å². The number of methoxy groups -OCH3 is 2. The number of fused-ring (bicyclic) bond motifs is 1. The van der Waals surface area contributed by atoms with Crippen molar-refractivity contribution in [3.63, 3.8) is 0 Å². The van der Waals surface area contributed by atoms with Crippen LogP contribution in [-0.2, 0) is 6.42 Å². The summed E-state index contributed by atoms with van der Waals surface area (Å²) in [7, 11) is 3.24. The summed E-state index contributed by atoms with van der Waals surface area (Å²) in [5.74, 6) is 2.80. The van der Waals surface area contributed by atoms with Gasteiger partial charge in [-0.2, -0.15) is 0 Å². The summed E-state index contributed by atoms with van der Waals surface area (Å²) in [6, 6.07) is 11.4. The molecule has 1 aliphatic rings. The fraction of sp³-hybridized carbons (Fsp3) is 0.364. The van der Waals surface area contributed by atoms with Gasteiger partial charge in [-0.1, -0.05) is 12.1 Å². The molecule has 1 heterocycles. The number of aliphatic hydroxyl groups is 1. The Morgan fingerprint density at radius 2 is 2.04 bits per heavy atom. The summed E-state index contributed by atoms with van der Waals surface area (Å²) in [6.07, 6.45) is 1.93. The second kappa shape index (κ2) is 9.37. The maximum absolute atomic E-state index is 10.5. The summed E-state index contributed by atoms with van der Waals surface area (Å²) >= 11 is 0. The monoisotopic (exact) mass is 385 g/mol. The SMILES string of the molecule is C=CCc1ccc(OC[C@@H](O)CN2CCOc3ccc(OC)cc32)c(OC)c1. The summed E-state index contributed by atoms with van der Waals surface area (Å²) < 4.78 is 22.2. The molecule has 2 aromatic carbocycles. The van der Waals surface area contributed by atoms with Gasteiger partial charge in [0.1, 0.15) is 30.8 Å². The van der Waals surface area contributed by atoms with Crippen molar-refractivity contribution in [2.75, 3.05) is 45.4 Å². The molecule has 0 radical (unpaired) electrons. The number of ether oxygens (including phenoxy) is 4. The van der Waals surface area contributed by atoms with Gasteiger partial charge in [0.05, 0.1) is 26.5 Å². The Morgan fingerprint density at radius 1 is 1.18 bits per heavy atom. The molecule has 1 aliphatic heterocycles. The average molecular weight is 385 g/mol. The predicted molar refractivity (Wildman–Crippen MR) is 109 cm³/mol. The Bertz CT molecular complexity index is 808. The van der Waals surface area contributed by atoms with Crippen LogP contribution in [-0.4, -0.2) is 51.7 Å². The van der Waals surface area contributed by atoms with Gasteiger partial charge in [-0.05, 0) is 36.2 Å². The molecule has 28 heavy (non-hydrogen) atoms. The third-order valence-corrected chi connectivity index (χ3v) is 4.60. The number of hydrogen-bond acceptors (Lipinski definition) is 6. The van der Waals surface area contributed by atoms with Crippen LogP contribution in [0.25, 0.3) is 0 Å². The minimum atomic E-state index is -0.672. The van der Waals surface area contributed by atoms with E-state index in [-0.39, 0.29) is 6.61 Å². The molecule has 0 aliphatic carbocycles. The zero-order valence-corrected chi connectivity index (χ0v) is 16.4. The van der Waals surface area contributed by atoms with E-state index in [1.54, 1.807) is 14.2 Å². The number of anilines is 1. The highest BCUT2D eigenvalue weighted by molar-refractivity contribution is 5.63. The number of β-amino-alcohol motifs (C(OH)–C–C–N with tert-alkyl or cyclic N) is 1. The standard InChI is InChI=1S/C22H27NO5/c1-4-5-16-6-8-21(22(12-16)26-3)28-15-17(24)14-23-10-11-27-20-9-7-18(25-2)13-19(20)23/h4,6-9,12-13,17,24H,1,5,10-11,14-15H2,2-3H3/t17-/m0/s1. The highest BCUT2D eigenvalue weighted by atomic mass is 16.5. The lowest BCUT2D eigenvalue weighted by atomic mass is 10.1. The van der Waals surface area contributed by atoms with Crippen molar-refractivity contribution < 1.29 is 24.1 Å². The van der Waals surface area contributed by atoms with Crippen molar-refractivity contribution in [3.8, 4) is 23.0 Å². The van der Waals surface area contributed by atoms with E-state index >= 15 is 0 Å². The van der Waals surface area contributed by atoms with E-state index in [4.69, 9.17) is 18.9 Å². The van der Waals surface area contributed by atoms with Crippen LogP contribution in [0.4, 0.5) is 5.69 Å². The van der Waals surface area contributed by atoms with Crippen molar-refractivity contribution in [2.45, 2.75) is 12.5 Å². The number of hydrogen-bond donors (Lipinski definition) is 1. The molecule has 2 aromatic rings. The van der Waals surface area contributed by atoms with Gasteiger partial charge < -0.3 is 29.0 Å². The highest BCUT2D eigenvalue weighted by Gasteiger charge is 2.22. The first-order valence-corrected chi connectivity index (χ1v) is 9.29. The second-order valence-corrected chi connectivity index (χ2v) is 6.57. The van der Waals surface area contributed by atoms with E-state index in [1.807, 2.05) is 42.5 Å². The van der Waals surface area contributed by atoms with Crippen molar-refractivity contribution in [3.05, 3.63) is 54.6 Å². The molecular weight excluding hydrogens is 358 g/mol. The van der Waals surface area contributed by atoms with Crippen molar-refractivity contribution in [2.24, 2.45) is 0 Å². The highest BCUT2D eigenvalue weighted by Crippen LogP contribution is 2.35. The third kappa shape index (κ3) is 4.70. The van der Waals surface area contributed by atoms with Crippen molar-refractivity contribution in [1.29, 1.82) is 0 Å². The van der Waals surface area contributed by atoms with Crippen LogP contribution in [0.15, 0.2) is 49.1 Å². The molecule has 0 spiro atoms. The van der Waals surface area contributed by atoms with Gasteiger partial charge in [-0.15, -0.1) is 6.58 Å². The van der Waals surface area contributed by atoms with Gasteiger partial charge in [0.15, 0.2) is 11.5 Å². The predicted octanol–water partition coefficient (Wildman–Crippen LogP) is 3.07. The molecule has 0 aromatic heterocycles. The van der Waals surface area contributed by atoms with Gasteiger partial charge in [-0.3, -0.25) is 0 Å². The molecule has 150 valence electrons. The van der Waals surface area contributed by atoms with Gasteiger partial charge in [0, 0.05) is 12.6 Å². The molecule has 1 atom stereocenters. The van der Waals surface area contributed by atoms with Crippen LogP contribution in [0.1, 0.15) is 5.56 Å². The van der Waals surface area contributed by atoms with Gasteiger partial charge in [-0.25, -0.2) is 0 Å². The molecule has 6 nitrogen and oxygen atoms in total. The molecule has 0 saturated heterocycles. The lowest BCUT2D eigenvalue weighted by Crippen LogP contribution is -2.40. The largest absolute Gasteiger partial charge is 0.497 e. The van der Waals surface area contributed by atoms with Crippen molar-refractivity contribution in [1.82, 2.24) is 0 Å². The van der Waals surface area contributed by atoms with E-state index in [1.165, 1.54) is 0 Å². The Hall–Kier alpha value is -2.86. The zero-order valence-electron chi connectivity index (χ0n) is 16.4. The lowest BCUT2D eigenvalue weighted by molar-refractivity contribution is 0.108. The summed E-state index contributed by atoms with van der Waals surface area (Å²) in [5.41, 5.74) is 2.01. The first kappa shape index (κ1) is 19.9. The Morgan fingerprint density at radius 3 is 2.79 bits per heavy atom. The van der Waals surface area contributed by atoms with E-state index in [0.29, 0.717) is 31.2 Å². The van der Waals surface area contributed by atoms with Crippen LogP contribution in [0.5, 0.6) is 23.0 Å². The molecule has 0 bridgehead atoms. The molecule has 3 rings (SSSR count). The van der Waals surface area contributed by atoms with Gasteiger partial charge in [0.2, 0.25) is 0 Å². The maximum atomic E-state index is 10.5. The number of allylic oxidation sites excluding steroid dienone is 1. The normalized spacial score (nSPS) is 13.9. The Kier molecular flexibility index (Phi) is 6.66. The van der Waals surface area contributed by atoms with E-state index in [9.17, 15) is 5.11 Å². The van der Waals surface area contributed by atoms with Crippen LogP contribution >= 0.6 is 0 Å². The molecule has 0 amide bonds. The summed E-state index contributed by atoms with van der Waals surface area (Å²) in [5, 5.41) is 10.5. The van der Waals surface area contributed by atoms with Crippen LogP contribution < -0.4 is 23.8 Å². The van der Waals surface area contributed by atoms with E-state index in [2.05, 4.69) is 11.5 Å². The summed E-state index contributed by atoms with van der Waals surface area (Å²) in [4.78, 5) is 2.08. The fourth-order valence-electron chi connectivity index (χ4n) is 3.19. The lowest BCUT2D eigenvalue weighted by Gasteiger charge is -2.33. The Labute approximate surface area is 165 Å². The average Bonchev–Trinajstić information content (AvgIpc) is 2.72. The molecular formula is C22H27NO5. The van der Waals surface area contributed by atoms with Crippen LogP contribution in [0.3, 0.4) is 0 Å². The number of rotatable bonds is 9. The fourth-order valence-corrected chi connectivity index (χ4v) is 3.19.